The Morgan fingerprint density at radius 2 is 1.88 bits per heavy atom. The number of hydrogen-bond acceptors (Lipinski definition) is 4. The molecule has 4 rings (SSSR count). The molecule has 1 aliphatic rings. The standard InChI is InChI=1S/C19H16ClN3O2S/c1-11-17-18(12-2-8-15(24)9-3-12)26-10-16(25)21-19(17)23(22-11)14-6-4-13(20)5-7-14/h2-9,18,24H,10H2,1H3,(H,21,25)/t18-/m1/s1. The van der Waals surface area contributed by atoms with E-state index in [0.29, 0.717) is 16.6 Å². The smallest absolute Gasteiger partial charge is 0.235 e. The predicted octanol–water partition coefficient (Wildman–Crippen LogP) is 4.31. The first-order valence-corrected chi connectivity index (χ1v) is 9.51. The lowest BCUT2D eigenvalue weighted by Crippen LogP contribution is -2.15. The molecule has 1 amide bonds. The molecule has 0 aliphatic carbocycles. The number of amides is 1. The van der Waals surface area contributed by atoms with Crippen LogP contribution in [0.15, 0.2) is 48.5 Å². The normalized spacial score (nSPS) is 16.7. The number of halogens is 1. The number of fused-ring (bicyclic) bond motifs is 1. The number of nitrogens with zero attached hydrogens (tertiary/aromatic N) is 2. The van der Waals surface area contributed by atoms with Gasteiger partial charge >= 0.3 is 0 Å². The summed E-state index contributed by atoms with van der Waals surface area (Å²) in [5, 5.41) is 17.8. The Kier molecular flexibility index (Phi) is 4.38. The van der Waals surface area contributed by atoms with Gasteiger partial charge in [0.15, 0.2) is 0 Å². The molecule has 5 nitrogen and oxygen atoms in total. The summed E-state index contributed by atoms with van der Waals surface area (Å²) in [6.07, 6.45) is 0. The van der Waals surface area contributed by atoms with Crippen LogP contribution in [0.1, 0.15) is 22.1 Å². The number of aromatic hydroxyl groups is 1. The van der Waals surface area contributed by atoms with E-state index >= 15 is 0 Å². The van der Waals surface area contributed by atoms with Crippen molar-refractivity contribution in [2.45, 2.75) is 12.2 Å². The van der Waals surface area contributed by atoms with Crippen molar-refractivity contribution in [1.82, 2.24) is 9.78 Å². The number of phenolic OH excluding ortho intramolecular Hbond substituents is 1. The number of carbonyl (C=O) groups is 1. The fourth-order valence-corrected chi connectivity index (χ4v) is 4.38. The monoisotopic (exact) mass is 385 g/mol. The number of nitrogens with one attached hydrogen (secondary N) is 1. The van der Waals surface area contributed by atoms with Gasteiger partial charge in [-0.25, -0.2) is 4.68 Å². The maximum absolute atomic E-state index is 12.3. The molecule has 1 atom stereocenters. The molecule has 2 N–H and O–H groups in total. The summed E-state index contributed by atoms with van der Waals surface area (Å²) in [5.41, 5.74) is 3.67. The highest BCUT2D eigenvalue weighted by Crippen LogP contribution is 2.44. The van der Waals surface area contributed by atoms with Crippen molar-refractivity contribution in [2.24, 2.45) is 0 Å². The lowest BCUT2D eigenvalue weighted by atomic mass is 10.0. The van der Waals surface area contributed by atoms with Gasteiger partial charge in [0.2, 0.25) is 5.91 Å². The van der Waals surface area contributed by atoms with Crippen molar-refractivity contribution < 1.29 is 9.90 Å². The summed E-state index contributed by atoms with van der Waals surface area (Å²) in [6, 6.07) is 14.4. The highest BCUT2D eigenvalue weighted by atomic mass is 35.5. The van der Waals surface area contributed by atoms with E-state index in [-0.39, 0.29) is 16.9 Å². The molecule has 3 aromatic rings. The Morgan fingerprint density at radius 3 is 2.58 bits per heavy atom. The molecule has 0 saturated heterocycles. The third kappa shape index (κ3) is 3.06. The van der Waals surface area contributed by atoms with Crippen LogP contribution >= 0.6 is 23.4 Å². The van der Waals surface area contributed by atoms with Crippen LogP contribution in [-0.2, 0) is 4.79 Å². The van der Waals surface area contributed by atoms with Crippen LogP contribution in [0.2, 0.25) is 5.02 Å². The van der Waals surface area contributed by atoms with Gasteiger partial charge in [-0.05, 0) is 48.9 Å². The van der Waals surface area contributed by atoms with E-state index in [9.17, 15) is 9.90 Å². The molecule has 1 aromatic heterocycles. The molecular formula is C19H16ClN3O2S. The SMILES string of the molecule is Cc1nn(-c2ccc(Cl)cc2)c2c1[C@@H](c1ccc(O)cc1)SCC(=O)N2. The second-order valence-corrected chi connectivity index (χ2v) is 7.60. The molecule has 2 heterocycles. The molecule has 26 heavy (non-hydrogen) atoms. The lowest BCUT2D eigenvalue weighted by molar-refractivity contribution is -0.113. The Labute approximate surface area is 160 Å². The summed E-state index contributed by atoms with van der Waals surface area (Å²) in [4.78, 5) is 12.3. The summed E-state index contributed by atoms with van der Waals surface area (Å²) in [7, 11) is 0. The highest BCUT2D eigenvalue weighted by Gasteiger charge is 2.30. The van der Waals surface area contributed by atoms with Gasteiger partial charge in [-0.2, -0.15) is 5.10 Å². The fraction of sp³-hybridized carbons (Fsp3) is 0.158. The summed E-state index contributed by atoms with van der Waals surface area (Å²) in [6.45, 7) is 1.94. The molecule has 2 aromatic carbocycles. The zero-order valence-electron chi connectivity index (χ0n) is 13.9. The van der Waals surface area contributed by atoms with Crippen molar-refractivity contribution in [3.05, 3.63) is 70.4 Å². The van der Waals surface area contributed by atoms with Crippen molar-refractivity contribution in [3.8, 4) is 11.4 Å². The topological polar surface area (TPSA) is 67.1 Å². The number of thioether (sulfide) groups is 1. The van der Waals surface area contributed by atoms with E-state index in [1.54, 1.807) is 40.7 Å². The molecule has 132 valence electrons. The van der Waals surface area contributed by atoms with Crippen molar-refractivity contribution in [2.75, 3.05) is 11.1 Å². The largest absolute Gasteiger partial charge is 0.508 e. The van der Waals surface area contributed by atoms with E-state index in [1.807, 2.05) is 31.2 Å². The number of carbonyl (C=O) groups excluding carboxylic acids is 1. The van der Waals surface area contributed by atoms with Crippen LogP contribution in [-0.4, -0.2) is 26.5 Å². The molecule has 1 aliphatic heterocycles. The van der Waals surface area contributed by atoms with Crippen molar-refractivity contribution >= 4 is 35.1 Å². The molecule has 0 radical (unpaired) electrons. The lowest BCUT2D eigenvalue weighted by Gasteiger charge is -2.15. The van der Waals surface area contributed by atoms with Gasteiger partial charge < -0.3 is 10.4 Å². The third-order valence-corrected chi connectivity index (χ3v) is 5.80. The fourth-order valence-electron chi connectivity index (χ4n) is 3.07. The second kappa shape index (κ2) is 6.70. The number of aromatic nitrogens is 2. The van der Waals surface area contributed by atoms with E-state index in [0.717, 1.165) is 22.5 Å². The van der Waals surface area contributed by atoms with Gasteiger partial charge in [0.05, 0.1) is 22.4 Å². The van der Waals surface area contributed by atoms with Crippen LogP contribution < -0.4 is 5.32 Å². The molecule has 7 heteroatoms. The number of benzene rings is 2. The van der Waals surface area contributed by atoms with Gasteiger partial charge in [0, 0.05) is 10.6 Å². The van der Waals surface area contributed by atoms with Gasteiger partial charge in [-0.15, -0.1) is 11.8 Å². The first kappa shape index (κ1) is 17.0. The number of aryl methyl sites for hydroxylation is 1. The average molecular weight is 386 g/mol. The molecule has 0 unspecified atom stereocenters. The van der Waals surface area contributed by atoms with Gasteiger partial charge in [0.25, 0.3) is 0 Å². The summed E-state index contributed by atoms with van der Waals surface area (Å²) >= 11 is 7.54. The van der Waals surface area contributed by atoms with Crippen LogP contribution in [0.3, 0.4) is 0 Å². The third-order valence-electron chi connectivity index (χ3n) is 4.27. The summed E-state index contributed by atoms with van der Waals surface area (Å²) < 4.78 is 1.75. The Hall–Kier alpha value is -2.44. The maximum atomic E-state index is 12.3. The van der Waals surface area contributed by atoms with Crippen LogP contribution in [0, 0.1) is 6.92 Å². The Bertz CT molecular complexity index is 968. The maximum Gasteiger partial charge on any atom is 0.235 e. The van der Waals surface area contributed by atoms with E-state index in [1.165, 1.54) is 0 Å². The van der Waals surface area contributed by atoms with Crippen LogP contribution in [0.5, 0.6) is 5.75 Å². The Morgan fingerprint density at radius 1 is 1.19 bits per heavy atom. The Balaban J connectivity index is 1.87. The van der Waals surface area contributed by atoms with Crippen LogP contribution in [0.25, 0.3) is 5.69 Å². The zero-order valence-corrected chi connectivity index (χ0v) is 15.5. The number of anilines is 1. The molecular weight excluding hydrogens is 370 g/mol. The quantitative estimate of drug-likeness (QED) is 0.689. The molecule has 0 saturated carbocycles. The second-order valence-electron chi connectivity index (χ2n) is 6.07. The number of hydrogen-bond donors (Lipinski definition) is 2. The predicted molar refractivity (Wildman–Crippen MR) is 104 cm³/mol. The molecule has 0 spiro atoms. The average Bonchev–Trinajstić information content (AvgIpc) is 2.83. The highest BCUT2D eigenvalue weighted by molar-refractivity contribution is 8.00. The minimum Gasteiger partial charge on any atom is -0.508 e. The van der Waals surface area contributed by atoms with Gasteiger partial charge in [-0.1, -0.05) is 23.7 Å². The van der Waals surface area contributed by atoms with Crippen molar-refractivity contribution in [1.29, 1.82) is 0 Å². The van der Waals surface area contributed by atoms with E-state index in [4.69, 9.17) is 11.6 Å². The molecule has 0 fully saturated rings. The summed E-state index contributed by atoms with van der Waals surface area (Å²) in [5.74, 6) is 1.18. The van der Waals surface area contributed by atoms with Gasteiger partial charge in [-0.3, -0.25) is 4.79 Å². The van der Waals surface area contributed by atoms with Crippen LogP contribution in [0.4, 0.5) is 5.82 Å². The number of phenols is 1. The first-order chi connectivity index (χ1) is 12.5. The number of rotatable bonds is 2. The minimum atomic E-state index is -0.0624. The van der Waals surface area contributed by atoms with E-state index in [2.05, 4.69) is 10.4 Å². The zero-order chi connectivity index (χ0) is 18.3. The molecule has 0 bridgehead atoms. The van der Waals surface area contributed by atoms with E-state index < -0.39 is 0 Å². The minimum absolute atomic E-state index is 0.0504. The first-order valence-electron chi connectivity index (χ1n) is 8.09. The van der Waals surface area contributed by atoms with Crippen molar-refractivity contribution in [3.63, 3.8) is 0 Å². The van der Waals surface area contributed by atoms with Gasteiger partial charge in [0.1, 0.15) is 11.6 Å².